The molecule has 0 radical (unpaired) electrons. The minimum Gasteiger partial charge on any atom is -0.452 e. The van der Waals surface area contributed by atoms with E-state index in [1.807, 2.05) is 12.1 Å². The molecule has 32 heavy (non-hydrogen) atoms. The number of benzene rings is 3. The highest BCUT2D eigenvalue weighted by Gasteiger charge is 2.37. The van der Waals surface area contributed by atoms with Gasteiger partial charge in [-0.25, -0.2) is 9.69 Å². The third-order valence-electron chi connectivity index (χ3n) is 4.92. The molecule has 0 saturated heterocycles. The lowest BCUT2D eigenvalue weighted by molar-refractivity contribution is -0.119. The van der Waals surface area contributed by atoms with Crippen LogP contribution in [-0.4, -0.2) is 30.3 Å². The highest BCUT2D eigenvalue weighted by Crippen LogP contribution is 2.31. The average Bonchev–Trinajstić information content (AvgIpc) is 3.02. The summed E-state index contributed by atoms with van der Waals surface area (Å²) in [6.45, 7) is 1.31. The number of aryl methyl sites for hydroxylation is 1. The quantitative estimate of drug-likeness (QED) is 0.422. The number of rotatable bonds is 5. The molecule has 1 aliphatic rings. The van der Waals surface area contributed by atoms with Crippen LogP contribution in [0.3, 0.4) is 0 Å². The molecule has 0 aliphatic carbocycles. The lowest BCUT2D eigenvalue weighted by Crippen LogP contribution is -2.29. The predicted molar refractivity (Wildman–Crippen MR) is 122 cm³/mol. The van der Waals surface area contributed by atoms with Crippen molar-refractivity contribution in [3.8, 4) is 0 Å². The number of hydrogen-bond acceptors (Lipinski definition) is 5. The van der Waals surface area contributed by atoms with Gasteiger partial charge < -0.3 is 10.1 Å². The van der Waals surface area contributed by atoms with Gasteiger partial charge in [0.15, 0.2) is 6.61 Å². The van der Waals surface area contributed by atoms with Crippen LogP contribution in [-0.2, 0) is 9.53 Å². The van der Waals surface area contributed by atoms with E-state index in [4.69, 9.17) is 4.74 Å². The van der Waals surface area contributed by atoms with Crippen molar-refractivity contribution in [2.75, 3.05) is 16.8 Å². The van der Waals surface area contributed by atoms with E-state index in [0.717, 1.165) is 14.9 Å². The molecule has 0 spiro atoms. The summed E-state index contributed by atoms with van der Waals surface area (Å²) in [5, 5.41) is 2.62. The number of carbonyl (C=O) groups is 4. The van der Waals surface area contributed by atoms with Gasteiger partial charge in [0.05, 0.1) is 22.4 Å². The van der Waals surface area contributed by atoms with Crippen LogP contribution in [0.5, 0.6) is 0 Å². The lowest BCUT2D eigenvalue weighted by Gasteiger charge is -2.16. The Morgan fingerprint density at radius 3 is 2.44 bits per heavy atom. The van der Waals surface area contributed by atoms with Crippen LogP contribution >= 0.6 is 15.9 Å². The monoisotopic (exact) mass is 492 g/mol. The van der Waals surface area contributed by atoms with Crippen molar-refractivity contribution in [3.05, 3.63) is 93.5 Å². The summed E-state index contributed by atoms with van der Waals surface area (Å²) >= 11 is 3.31. The fourth-order valence-electron chi connectivity index (χ4n) is 3.38. The molecular weight excluding hydrogens is 476 g/mol. The molecule has 4 rings (SSSR count). The van der Waals surface area contributed by atoms with Gasteiger partial charge in [-0.15, -0.1) is 0 Å². The van der Waals surface area contributed by atoms with Crippen LogP contribution < -0.4 is 10.2 Å². The van der Waals surface area contributed by atoms with E-state index in [1.54, 1.807) is 43.3 Å². The number of hydrogen-bond donors (Lipinski definition) is 1. The zero-order valence-electron chi connectivity index (χ0n) is 16.9. The maximum Gasteiger partial charge on any atom is 0.338 e. The Bertz CT molecular complexity index is 1270. The zero-order valence-corrected chi connectivity index (χ0v) is 18.5. The van der Waals surface area contributed by atoms with Crippen LogP contribution in [0.15, 0.2) is 71.2 Å². The van der Waals surface area contributed by atoms with Crippen molar-refractivity contribution in [1.82, 2.24) is 0 Å². The molecule has 0 fully saturated rings. The van der Waals surface area contributed by atoms with E-state index < -0.39 is 30.3 Å². The number of halogens is 1. The van der Waals surface area contributed by atoms with Gasteiger partial charge in [0.25, 0.3) is 17.7 Å². The predicted octanol–water partition coefficient (Wildman–Crippen LogP) is 4.35. The van der Waals surface area contributed by atoms with Crippen LogP contribution in [0.1, 0.15) is 36.6 Å². The Balaban J connectivity index is 1.46. The lowest BCUT2D eigenvalue weighted by atomic mass is 10.1. The second-order valence-corrected chi connectivity index (χ2v) is 8.04. The number of amides is 3. The summed E-state index contributed by atoms with van der Waals surface area (Å²) < 4.78 is 5.87. The van der Waals surface area contributed by atoms with Crippen molar-refractivity contribution in [1.29, 1.82) is 0 Å². The maximum absolute atomic E-state index is 12.9. The molecule has 1 aliphatic heterocycles. The van der Waals surface area contributed by atoms with Gasteiger partial charge in [-0.05, 0) is 55.0 Å². The molecule has 0 bridgehead atoms. The molecule has 7 nitrogen and oxygen atoms in total. The smallest absolute Gasteiger partial charge is 0.338 e. The van der Waals surface area contributed by atoms with E-state index in [-0.39, 0.29) is 16.7 Å². The zero-order chi connectivity index (χ0) is 22.8. The first-order valence-corrected chi connectivity index (χ1v) is 10.5. The molecule has 3 aromatic rings. The van der Waals surface area contributed by atoms with Gasteiger partial charge in [0, 0.05) is 10.2 Å². The first kappa shape index (κ1) is 21.5. The largest absolute Gasteiger partial charge is 0.452 e. The summed E-state index contributed by atoms with van der Waals surface area (Å²) in [5.41, 5.74) is 2.23. The topological polar surface area (TPSA) is 92.8 Å². The highest BCUT2D eigenvalue weighted by molar-refractivity contribution is 9.10. The van der Waals surface area contributed by atoms with Gasteiger partial charge in [-0.1, -0.05) is 40.2 Å². The van der Waals surface area contributed by atoms with Crippen molar-refractivity contribution in [2.45, 2.75) is 6.92 Å². The summed E-state index contributed by atoms with van der Waals surface area (Å²) in [6, 6.07) is 18.2. The van der Waals surface area contributed by atoms with Crippen LogP contribution in [0.2, 0.25) is 0 Å². The molecule has 0 unspecified atom stereocenters. The number of imide groups is 1. The molecule has 3 aromatic carbocycles. The SMILES string of the molecule is Cc1ccccc1N1C(=O)c2ccc(C(=O)OCC(=O)Nc3cccc(Br)c3)cc2C1=O. The highest BCUT2D eigenvalue weighted by atomic mass is 79.9. The number of fused-ring (bicyclic) bond motifs is 1. The third-order valence-corrected chi connectivity index (χ3v) is 5.41. The normalized spacial score (nSPS) is 12.5. The van der Waals surface area contributed by atoms with E-state index in [1.165, 1.54) is 18.2 Å². The number of para-hydroxylation sites is 1. The van der Waals surface area contributed by atoms with Crippen molar-refractivity contribution in [2.24, 2.45) is 0 Å². The molecule has 160 valence electrons. The maximum atomic E-state index is 12.9. The van der Waals surface area contributed by atoms with E-state index in [2.05, 4.69) is 21.2 Å². The van der Waals surface area contributed by atoms with Gasteiger partial charge in [-0.2, -0.15) is 0 Å². The third kappa shape index (κ3) is 4.17. The average molecular weight is 493 g/mol. The molecule has 8 heteroatoms. The molecule has 3 amide bonds. The fourth-order valence-corrected chi connectivity index (χ4v) is 3.78. The Kier molecular flexibility index (Phi) is 5.87. The number of ether oxygens (including phenoxy) is 1. The number of esters is 1. The van der Waals surface area contributed by atoms with E-state index in [9.17, 15) is 19.2 Å². The minimum atomic E-state index is -0.771. The molecular formula is C24H17BrN2O5. The van der Waals surface area contributed by atoms with E-state index >= 15 is 0 Å². The number of nitrogens with zero attached hydrogens (tertiary/aromatic N) is 1. The van der Waals surface area contributed by atoms with Crippen molar-refractivity contribution < 1.29 is 23.9 Å². The summed E-state index contributed by atoms with van der Waals surface area (Å²) in [4.78, 5) is 51.3. The van der Waals surface area contributed by atoms with Crippen molar-refractivity contribution >= 4 is 51.0 Å². The minimum absolute atomic E-state index is 0.0757. The molecule has 0 atom stereocenters. The number of carbonyl (C=O) groups excluding carboxylic acids is 4. The first-order chi connectivity index (χ1) is 15.3. The fraction of sp³-hybridized carbons (Fsp3) is 0.0833. The Labute approximate surface area is 192 Å². The summed E-state index contributed by atoms with van der Waals surface area (Å²) in [5.74, 6) is -2.24. The van der Waals surface area contributed by atoms with E-state index in [0.29, 0.717) is 11.4 Å². The second kappa shape index (κ2) is 8.76. The van der Waals surface area contributed by atoms with Gasteiger partial charge >= 0.3 is 5.97 Å². The summed E-state index contributed by atoms with van der Waals surface area (Å²) in [7, 11) is 0. The standard InChI is InChI=1S/C24H17BrN2O5/c1-14-5-2-3-8-20(14)27-22(29)18-10-9-15(11-19(18)23(27)30)24(31)32-13-21(28)26-17-7-4-6-16(25)12-17/h2-12H,13H2,1H3,(H,26,28). The van der Waals surface area contributed by atoms with Gasteiger partial charge in [0.2, 0.25) is 0 Å². The number of nitrogens with one attached hydrogen (secondary N) is 1. The molecule has 1 N–H and O–H groups in total. The van der Waals surface area contributed by atoms with Gasteiger partial charge in [0.1, 0.15) is 0 Å². The van der Waals surface area contributed by atoms with Crippen LogP contribution in [0, 0.1) is 6.92 Å². The second-order valence-electron chi connectivity index (χ2n) is 7.13. The Hall–Kier alpha value is -3.78. The summed E-state index contributed by atoms with van der Waals surface area (Å²) in [6.07, 6.45) is 0. The molecule has 1 heterocycles. The first-order valence-electron chi connectivity index (χ1n) is 9.66. The van der Waals surface area contributed by atoms with Crippen LogP contribution in [0.4, 0.5) is 11.4 Å². The Morgan fingerprint density at radius 1 is 0.938 bits per heavy atom. The van der Waals surface area contributed by atoms with Gasteiger partial charge in [-0.3, -0.25) is 14.4 Å². The number of anilines is 2. The van der Waals surface area contributed by atoms with Crippen molar-refractivity contribution in [3.63, 3.8) is 0 Å². The van der Waals surface area contributed by atoms with Crippen LogP contribution in [0.25, 0.3) is 0 Å². The molecule has 0 saturated carbocycles. The Morgan fingerprint density at radius 2 is 1.69 bits per heavy atom. The molecule has 0 aromatic heterocycles.